The molecule has 0 aromatic heterocycles. The number of alkyl halides is 3. The van der Waals surface area contributed by atoms with Crippen molar-refractivity contribution in [3.63, 3.8) is 0 Å². The SMILES string of the molecule is Cc1cc(Oc2c(Br)cc(N)c(C(F)(F)F)c2Br)cc(C(C)C)c1O. The third kappa shape index (κ3) is 4.06. The van der Waals surface area contributed by atoms with Crippen LogP contribution in [-0.2, 0) is 6.18 Å². The number of ether oxygens (including phenoxy) is 1. The van der Waals surface area contributed by atoms with E-state index >= 15 is 0 Å². The van der Waals surface area contributed by atoms with Gasteiger partial charge in [-0.05, 0) is 68.5 Å². The number of aromatic hydroxyl groups is 1. The van der Waals surface area contributed by atoms with Gasteiger partial charge in [-0.15, -0.1) is 0 Å². The number of anilines is 1. The van der Waals surface area contributed by atoms with E-state index in [1.807, 2.05) is 13.8 Å². The van der Waals surface area contributed by atoms with Crippen molar-refractivity contribution in [2.24, 2.45) is 0 Å². The molecule has 0 heterocycles. The summed E-state index contributed by atoms with van der Waals surface area (Å²) in [5, 5.41) is 10.1. The summed E-state index contributed by atoms with van der Waals surface area (Å²) < 4.78 is 45.4. The summed E-state index contributed by atoms with van der Waals surface area (Å²) in [6, 6.07) is 4.32. The molecule has 0 unspecified atom stereocenters. The number of hydrogen-bond donors (Lipinski definition) is 2. The molecule has 0 aliphatic rings. The summed E-state index contributed by atoms with van der Waals surface area (Å²) >= 11 is 6.14. The van der Waals surface area contributed by atoms with Crippen LogP contribution < -0.4 is 10.5 Å². The normalized spacial score (nSPS) is 11.9. The molecule has 2 aromatic rings. The lowest BCUT2D eigenvalue weighted by atomic mass is 9.99. The van der Waals surface area contributed by atoms with E-state index in [1.165, 1.54) is 0 Å². The lowest BCUT2D eigenvalue weighted by Gasteiger charge is -2.19. The molecule has 3 N–H and O–H groups in total. The van der Waals surface area contributed by atoms with Crippen molar-refractivity contribution in [3.05, 3.63) is 43.8 Å². The number of rotatable bonds is 3. The fourth-order valence-electron chi connectivity index (χ4n) is 2.39. The Kier molecular flexibility index (Phi) is 5.63. The Labute approximate surface area is 160 Å². The van der Waals surface area contributed by atoms with Crippen molar-refractivity contribution in [2.45, 2.75) is 32.9 Å². The molecule has 0 spiro atoms. The fraction of sp³-hybridized carbons (Fsp3) is 0.294. The number of nitrogens with two attached hydrogens (primary N) is 1. The highest BCUT2D eigenvalue weighted by Gasteiger charge is 2.37. The highest BCUT2D eigenvalue weighted by molar-refractivity contribution is 9.11. The molecular weight excluding hydrogens is 467 g/mol. The topological polar surface area (TPSA) is 55.5 Å². The third-order valence-electron chi connectivity index (χ3n) is 3.64. The van der Waals surface area contributed by atoms with Gasteiger partial charge in [0.15, 0.2) is 5.75 Å². The van der Waals surface area contributed by atoms with Crippen LogP contribution in [0.2, 0.25) is 0 Å². The minimum Gasteiger partial charge on any atom is -0.507 e. The number of phenolic OH excluding ortho intramolecular Hbond substituents is 1. The molecule has 0 aliphatic heterocycles. The monoisotopic (exact) mass is 481 g/mol. The summed E-state index contributed by atoms with van der Waals surface area (Å²) in [5.74, 6) is 0.444. The summed E-state index contributed by atoms with van der Waals surface area (Å²) in [4.78, 5) is 0. The van der Waals surface area contributed by atoms with Crippen LogP contribution in [0.3, 0.4) is 0 Å². The molecule has 136 valence electrons. The molecule has 2 rings (SSSR count). The molecule has 0 saturated carbocycles. The van der Waals surface area contributed by atoms with E-state index in [9.17, 15) is 18.3 Å². The second-order valence-electron chi connectivity index (χ2n) is 5.90. The number of benzene rings is 2. The van der Waals surface area contributed by atoms with Crippen molar-refractivity contribution in [2.75, 3.05) is 5.73 Å². The largest absolute Gasteiger partial charge is 0.507 e. The fourth-order valence-corrected chi connectivity index (χ4v) is 3.93. The van der Waals surface area contributed by atoms with E-state index < -0.39 is 17.4 Å². The minimum atomic E-state index is -4.63. The predicted octanol–water partition coefficient (Wildman–Crippen LogP) is 6.74. The zero-order valence-corrected chi connectivity index (χ0v) is 16.8. The first-order valence-electron chi connectivity index (χ1n) is 7.29. The first-order valence-corrected chi connectivity index (χ1v) is 8.88. The first-order chi connectivity index (χ1) is 11.4. The zero-order valence-electron chi connectivity index (χ0n) is 13.6. The van der Waals surface area contributed by atoms with Crippen molar-refractivity contribution < 1.29 is 23.0 Å². The smallest absolute Gasteiger partial charge is 0.419 e. The Morgan fingerprint density at radius 1 is 1.16 bits per heavy atom. The van der Waals surface area contributed by atoms with Crippen LogP contribution >= 0.6 is 31.9 Å². The van der Waals surface area contributed by atoms with E-state index in [0.29, 0.717) is 16.9 Å². The first kappa shape index (κ1) is 19.9. The van der Waals surface area contributed by atoms with Gasteiger partial charge in [0, 0.05) is 11.3 Å². The van der Waals surface area contributed by atoms with Crippen LogP contribution in [0.4, 0.5) is 18.9 Å². The molecule has 0 amide bonds. The summed E-state index contributed by atoms with van der Waals surface area (Å²) in [7, 11) is 0. The molecule has 3 nitrogen and oxygen atoms in total. The van der Waals surface area contributed by atoms with E-state index in [4.69, 9.17) is 10.5 Å². The summed E-state index contributed by atoms with van der Waals surface area (Å²) in [5.41, 5.74) is 5.32. The van der Waals surface area contributed by atoms with E-state index in [-0.39, 0.29) is 26.4 Å². The third-order valence-corrected chi connectivity index (χ3v) is 4.98. The highest BCUT2D eigenvalue weighted by Crippen LogP contribution is 2.48. The van der Waals surface area contributed by atoms with Crippen molar-refractivity contribution in [1.82, 2.24) is 0 Å². The van der Waals surface area contributed by atoms with Crippen LogP contribution in [0, 0.1) is 6.92 Å². The van der Waals surface area contributed by atoms with Crippen molar-refractivity contribution in [3.8, 4) is 17.2 Å². The van der Waals surface area contributed by atoms with Crippen LogP contribution in [0.1, 0.15) is 36.5 Å². The molecule has 0 aliphatic carbocycles. The van der Waals surface area contributed by atoms with Crippen molar-refractivity contribution in [1.29, 1.82) is 0 Å². The molecule has 0 bridgehead atoms. The average Bonchev–Trinajstić information content (AvgIpc) is 2.44. The second kappa shape index (κ2) is 7.07. The second-order valence-corrected chi connectivity index (χ2v) is 7.55. The van der Waals surface area contributed by atoms with Crippen LogP contribution in [-0.4, -0.2) is 5.11 Å². The maximum atomic E-state index is 13.2. The van der Waals surface area contributed by atoms with Crippen LogP contribution in [0.5, 0.6) is 17.2 Å². The average molecular weight is 483 g/mol. The molecule has 0 radical (unpaired) electrons. The number of nitrogen functional groups attached to an aromatic ring is 1. The molecule has 2 aromatic carbocycles. The van der Waals surface area contributed by atoms with Gasteiger partial charge < -0.3 is 15.6 Å². The molecule has 0 saturated heterocycles. The van der Waals surface area contributed by atoms with Gasteiger partial charge in [0.2, 0.25) is 0 Å². The molecule has 0 fully saturated rings. The van der Waals surface area contributed by atoms with E-state index in [0.717, 1.165) is 6.07 Å². The van der Waals surface area contributed by atoms with Gasteiger partial charge in [0.1, 0.15) is 11.5 Å². The van der Waals surface area contributed by atoms with Gasteiger partial charge in [-0.1, -0.05) is 13.8 Å². The minimum absolute atomic E-state index is 0.0197. The lowest BCUT2D eigenvalue weighted by molar-refractivity contribution is -0.137. The van der Waals surface area contributed by atoms with Gasteiger partial charge in [-0.3, -0.25) is 0 Å². The zero-order chi connectivity index (χ0) is 19.1. The number of halogens is 5. The Morgan fingerprint density at radius 2 is 1.76 bits per heavy atom. The Morgan fingerprint density at radius 3 is 2.28 bits per heavy atom. The molecule has 8 heteroatoms. The van der Waals surface area contributed by atoms with Crippen molar-refractivity contribution >= 4 is 37.5 Å². The Balaban J connectivity index is 2.59. The summed E-state index contributed by atoms with van der Waals surface area (Å²) in [6.07, 6.45) is -4.63. The lowest BCUT2D eigenvalue weighted by Crippen LogP contribution is -2.11. The van der Waals surface area contributed by atoms with Crippen LogP contribution in [0.25, 0.3) is 0 Å². The molecule has 0 atom stereocenters. The van der Waals surface area contributed by atoms with Gasteiger partial charge in [0.05, 0.1) is 14.5 Å². The van der Waals surface area contributed by atoms with E-state index in [1.54, 1.807) is 19.1 Å². The highest BCUT2D eigenvalue weighted by atomic mass is 79.9. The van der Waals surface area contributed by atoms with E-state index in [2.05, 4.69) is 31.9 Å². The Bertz CT molecular complexity index is 821. The van der Waals surface area contributed by atoms with Gasteiger partial charge in [-0.2, -0.15) is 13.2 Å². The number of phenols is 1. The number of hydrogen-bond acceptors (Lipinski definition) is 3. The standard InChI is InChI=1S/C17H16Br2F3NO2/c1-7(2)10-5-9(4-8(3)15(10)24)25-16-11(18)6-12(23)13(14(16)19)17(20,21)22/h4-7,24H,23H2,1-3H3. The summed E-state index contributed by atoms with van der Waals surface area (Å²) in [6.45, 7) is 5.49. The quantitative estimate of drug-likeness (QED) is 0.476. The van der Waals surface area contributed by atoms with Gasteiger partial charge >= 0.3 is 6.18 Å². The van der Waals surface area contributed by atoms with Crippen LogP contribution in [0.15, 0.2) is 27.1 Å². The van der Waals surface area contributed by atoms with Gasteiger partial charge in [-0.25, -0.2) is 0 Å². The maximum Gasteiger partial charge on any atom is 0.419 e. The maximum absolute atomic E-state index is 13.2. The Hall–Kier alpha value is -1.41. The van der Waals surface area contributed by atoms with Gasteiger partial charge in [0.25, 0.3) is 0 Å². The number of aryl methyl sites for hydroxylation is 1. The predicted molar refractivity (Wildman–Crippen MR) is 98.3 cm³/mol. The molecular formula is C17H16Br2F3NO2. The molecule has 25 heavy (non-hydrogen) atoms.